The van der Waals surface area contributed by atoms with Crippen LogP contribution in [0.25, 0.3) is 0 Å². The van der Waals surface area contributed by atoms with Gasteiger partial charge in [0.25, 0.3) is 0 Å². The number of aromatic nitrogens is 1. The van der Waals surface area contributed by atoms with Crippen molar-refractivity contribution >= 4 is 17.6 Å². The molecule has 0 aromatic carbocycles. The molecular formula is C17H26N4O3. The third-order valence-corrected chi connectivity index (χ3v) is 4.16. The van der Waals surface area contributed by atoms with Crippen LogP contribution in [0, 0.1) is 0 Å². The van der Waals surface area contributed by atoms with Crippen molar-refractivity contribution in [3.05, 3.63) is 24.5 Å². The molecule has 0 unspecified atom stereocenters. The lowest BCUT2D eigenvalue weighted by atomic mass is 10.2. The zero-order valence-electron chi connectivity index (χ0n) is 14.2. The summed E-state index contributed by atoms with van der Waals surface area (Å²) in [5.74, 6) is -0.309. The van der Waals surface area contributed by atoms with E-state index in [-0.39, 0.29) is 18.3 Å². The summed E-state index contributed by atoms with van der Waals surface area (Å²) in [5, 5.41) is 2.74. The number of esters is 1. The molecule has 0 atom stereocenters. The smallest absolute Gasteiger partial charge is 0.307 e. The minimum absolute atomic E-state index is 0.00526. The lowest BCUT2D eigenvalue weighted by molar-refractivity contribution is -0.140. The van der Waals surface area contributed by atoms with Crippen molar-refractivity contribution in [3.63, 3.8) is 0 Å². The van der Waals surface area contributed by atoms with Crippen LogP contribution in [0.5, 0.6) is 0 Å². The lowest BCUT2D eigenvalue weighted by Gasteiger charge is -2.36. The maximum atomic E-state index is 11.7. The zero-order valence-corrected chi connectivity index (χ0v) is 14.2. The second-order valence-corrected chi connectivity index (χ2v) is 5.81. The number of ether oxygens (including phenoxy) is 1. The first kappa shape index (κ1) is 18.2. The summed E-state index contributed by atoms with van der Waals surface area (Å²) in [7, 11) is 1.35. The first-order valence-corrected chi connectivity index (χ1v) is 8.40. The number of nitrogens with one attached hydrogen (secondary N) is 1. The van der Waals surface area contributed by atoms with Gasteiger partial charge in [0.2, 0.25) is 5.91 Å². The Kier molecular flexibility index (Phi) is 7.48. The molecule has 1 aromatic heterocycles. The predicted octanol–water partition coefficient (Wildman–Crippen LogP) is 0.663. The van der Waals surface area contributed by atoms with Crippen LogP contribution in [0.15, 0.2) is 24.5 Å². The highest BCUT2D eigenvalue weighted by molar-refractivity contribution is 5.76. The van der Waals surface area contributed by atoms with Gasteiger partial charge in [0.05, 0.1) is 13.5 Å². The van der Waals surface area contributed by atoms with E-state index in [0.29, 0.717) is 13.0 Å². The van der Waals surface area contributed by atoms with Gasteiger partial charge in [0.15, 0.2) is 0 Å². The molecule has 2 rings (SSSR count). The van der Waals surface area contributed by atoms with E-state index < -0.39 is 0 Å². The maximum absolute atomic E-state index is 11.7. The second-order valence-electron chi connectivity index (χ2n) is 5.81. The quantitative estimate of drug-likeness (QED) is 0.704. The highest BCUT2D eigenvalue weighted by atomic mass is 16.5. The van der Waals surface area contributed by atoms with Crippen LogP contribution in [0.4, 0.5) is 5.69 Å². The van der Waals surface area contributed by atoms with E-state index in [4.69, 9.17) is 0 Å². The van der Waals surface area contributed by atoms with E-state index in [1.54, 1.807) is 0 Å². The van der Waals surface area contributed by atoms with Crippen molar-refractivity contribution in [2.24, 2.45) is 0 Å². The highest BCUT2D eigenvalue weighted by Gasteiger charge is 2.17. The Morgan fingerprint density at radius 3 is 2.54 bits per heavy atom. The predicted molar refractivity (Wildman–Crippen MR) is 91.8 cm³/mol. The third-order valence-electron chi connectivity index (χ3n) is 4.16. The average molecular weight is 334 g/mol. The number of carbonyl (C=O) groups is 2. The molecule has 7 heteroatoms. The number of amides is 1. The maximum Gasteiger partial charge on any atom is 0.307 e. The molecule has 0 aliphatic carbocycles. The Morgan fingerprint density at radius 2 is 1.88 bits per heavy atom. The molecule has 1 aromatic rings. The number of methoxy groups -OCH3 is 1. The number of pyridine rings is 1. The first-order valence-electron chi connectivity index (χ1n) is 8.40. The molecule has 24 heavy (non-hydrogen) atoms. The molecule has 1 aliphatic rings. The van der Waals surface area contributed by atoms with Crippen LogP contribution in [-0.2, 0) is 14.3 Å². The van der Waals surface area contributed by atoms with Crippen LogP contribution in [0.3, 0.4) is 0 Å². The van der Waals surface area contributed by atoms with Gasteiger partial charge in [-0.05, 0) is 25.1 Å². The number of nitrogens with zero attached hydrogens (tertiary/aromatic N) is 3. The van der Waals surface area contributed by atoms with Crippen LogP contribution in [-0.4, -0.2) is 68.1 Å². The topological polar surface area (TPSA) is 74.8 Å². The first-order chi connectivity index (χ1) is 11.7. The SMILES string of the molecule is COC(=O)CCNC(=O)CCCN1CCN(c2ccncc2)CC1. The Labute approximate surface area is 143 Å². The summed E-state index contributed by atoms with van der Waals surface area (Å²) >= 11 is 0. The van der Waals surface area contributed by atoms with Crippen LogP contribution in [0.1, 0.15) is 19.3 Å². The number of rotatable bonds is 8. The fourth-order valence-electron chi connectivity index (χ4n) is 2.74. The van der Waals surface area contributed by atoms with Gasteiger partial charge in [-0.2, -0.15) is 0 Å². The molecule has 1 N–H and O–H groups in total. The van der Waals surface area contributed by atoms with Gasteiger partial charge in [0.1, 0.15) is 0 Å². The molecule has 1 fully saturated rings. The van der Waals surface area contributed by atoms with Gasteiger partial charge in [0, 0.05) is 57.2 Å². The van der Waals surface area contributed by atoms with Gasteiger partial charge in [-0.3, -0.25) is 19.5 Å². The van der Waals surface area contributed by atoms with Crippen LogP contribution in [0.2, 0.25) is 0 Å². The molecule has 0 spiro atoms. The van der Waals surface area contributed by atoms with E-state index in [1.807, 2.05) is 24.5 Å². The fourth-order valence-corrected chi connectivity index (χ4v) is 2.74. The summed E-state index contributed by atoms with van der Waals surface area (Å²) in [6.07, 6.45) is 5.19. The van der Waals surface area contributed by atoms with Crippen molar-refractivity contribution in [1.82, 2.24) is 15.2 Å². The minimum Gasteiger partial charge on any atom is -0.469 e. The summed E-state index contributed by atoms with van der Waals surface area (Å²) in [4.78, 5) is 31.4. The van der Waals surface area contributed by atoms with E-state index in [2.05, 4.69) is 24.8 Å². The number of anilines is 1. The van der Waals surface area contributed by atoms with Crippen molar-refractivity contribution < 1.29 is 14.3 Å². The van der Waals surface area contributed by atoms with Gasteiger partial charge in [-0.15, -0.1) is 0 Å². The molecule has 1 amide bonds. The molecule has 0 saturated carbocycles. The van der Waals surface area contributed by atoms with E-state index in [0.717, 1.165) is 39.1 Å². The largest absolute Gasteiger partial charge is 0.469 e. The number of hydrogen-bond acceptors (Lipinski definition) is 6. The molecule has 1 aliphatic heterocycles. The van der Waals surface area contributed by atoms with Crippen molar-refractivity contribution in [1.29, 1.82) is 0 Å². The van der Waals surface area contributed by atoms with Crippen LogP contribution < -0.4 is 10.2 Å². The Morgan fingerprint density at radius 1 is 1.17 bits per heavy atom. The molecule has 2 heterocycles. The Bertz CT molecular complexity index is 516. The standard InChI is InChI=1S/C17H26N4O3/c1-24-17(23)6-9-19-16(22)3-2-10-20-11-13-21(14-12-20)15-4-7-18-8-5-15/h4-5,7-8H,2-3,6,9-14H2,1H3,(H,19,22). The average Bonchev–Trinajstić information content (AvgIpc) is 2.63. The van der Waals surface area contributed by atoms with Crippen molar-refractivity contribution in [3.8, 4) is 0 Å². The molecule has 1 saturated heterocycles. The molecule has 7 nitrogen and oxygen atoms in total. The number of hydrogen-bond donors (Lipinski definition) is 1. The normalized spacial score (nSPS) is 15.1. The molecule has 0 radical (unpaired) electrons. The fraction of sp³-hybridized carbons (Fsp3) is 0.588. The summed E-state index contributed by atoms with van der Waals surface area (Å²) < 4.78 is 4.53. The number of piperazine rings is 1. The van der Waals surface area contributed by atoms with E-state index in [9.17, 15) is 9.59 Å². The summed E-state index contributed by atoms with van der Waals surface area (Å²) in [6, 6.07) is 4.07. The van der Waals surface area contributed by atoms with E-state index in [1.165, 1.54) is 12.8 Å². The Balaban J connectivity index is 1.56. The molecule has 132 valence electrons. The van der Waals surface area contributed by atoms with Gasteiger partial charge in [-0.25, -0.2) is 0 Å². The Hall–Kier alpha value is -2.15. The van der Waals surface area contributed by atoms with Crippen LogP contribution >= 0.6 is 0 Å². The summed E-state index contributed by atoms with van der Waals surface area (Å²) in [5.41, 5.74) is 1.22. The summed E-state index contributed by atoms with van der Waals surface area (Å²) in [6.45, 7) is 5.27. The monoisotopic (exact) mass is 334 g/mol. The third kappa shape index (κ3) is 6.16. The highest BCUT2D eigenvalue weighted by Crippen LogP contribution is 2.14. The van der Waals surface area contributed by atoms with E-state index >= 15 is 0 Å². The minimum atomic E-state index is -0.303. The molecule has 0 bridgehead atoms. The lowest BCUT2D eigenvalue weighted by Crippen LogP contribution is -2.46. The van der Waals surface area contributed by atoms with Crippen molar-refractivity contribution in [2.45, 2.75) is 19.3 Å². The van der Waals surface area contributed by atoms with Gasteiger partial charge < -0.3 is 15.0 Å². The molecular weight excluding hydrogens is 308 g/mol. The number of carbonyl (C=O) groups excluding carboxylic acids is 2. The van der Waals surface area contributed by atoms with Crippen molar-refractivity contribution in [2.75, 3.05) is 51.3 Å². The zero-order chi connectivity index (χ0) is 17.2. The van der Waals surface area contributed by atoms with Gasteiger partial charge in [-0.1, -0.05) is 0 Å². The second kappa shape index (κ2) is 9.87. The van der Waals surface area contributed by atoms with Gasteiger partial charge >= 0.3 is 5.97 Å².